The van der Waals surface area contributed by atoms with Crippen molar-refractivity contribution >= 4 is 11.6 Å². The molecule has 0 saturated heterocycles. The van der Waals surface area contributed by atoms with Gasteiger partial charge in [0.2, 0.25) is 11.8 Å². The first-order valence-electron chi connectivity index (χ1n) is 4.95. The number of hydrogen-bond acceptors (Lipinski definition) is 5. The van der Waals surface area contributed by atoms with Crippen molar-refractivity contribution in [3.8, 4) is 5.88 Å². The van der Waals surface area contributed by atoms with Crippen LogP contribution in [0.1, 0.15) is 6.92 Å². The number of hydrogen-bond donors (Lipinski definition) is 0. The number of carbonyl (C=O) groups excluding carboxylic acids is 1. The molecular formula is C10H13N3O4. The van der Waals surface area contributed by atoms with Crippen LogP contribution >= 0.6 is 0 Å². The van der Waals surface area contributed by atoms with Crippen molar-refractivity contribution < 1.29 is 14.5 Å². The predicted molar refractivity (Wildman–Crippen MR) is 59.7 cm³/mol. The molecule has 0 atom stereocenters. The molecule has 1 amide bonds. The minimum absolute atomic E-state index is 0.0507. The Balaban J connectivity index is 2.42. The van der Waals surface area contributed by atoms with E-state index in [2.05, 4.69) is 4.98 Å². The summed E-state index contributed by atoms with van der Waals surface area (Å²) in [4.78, 5) is 26.0. The van der Waals surface area contributed by atoms with E-state index in [1.165, 1.54) is 24.0 Å². The Morgan fingerprint density at radius 2 is 2.29 bits per heavy atom. The molecule has 0 spiro atoms. The molecule has 17 heavy (non-hydrogen) atoms. The first-order chi connectivity index (χ1) is 8.00. The molecule has 0 saturated carbocycles. The predicted octanol–water partition coefficient (Wildman–Crippen LogP) is 0.847. The lowest BCUT2D eigenvalue weighted by atomic mass is 10.4. The second-order valence-corrected chi connectivity index (χ2v) is 3.40. The van der Waals surface area contributed by atoms with Crippen molar-refractivity contribution in [1.29, 1.82) is 0 Å². The molecule has 0 aromatic carbocycles. The molecule has 1 aromatic heterocycles. The van der Waals surface area contributed by atoms with Gasteiger partial charge in [-0.2, -0.15) is 0 Å². The van der Waals surface area contributed by atoms with Gasteiger partial charge in [-0.3, -0.25) is 14.9 Å². The van der Waals surface area contributed by atoms with Crippen LogP contribution in [0.15, 0.2) is 18.3 Å². The van der Waals surface area contributed by atoms with Crippen LogP contribution in [0.4, 0.5) is 5.69 Å². The number of rotatable bonds is 5. The Morgan fingerprint density at radius 3 is 2.76 bits per heavy atom. The van der Waals surface area contributed by atoms with E-state index in [0.29, 0.717) is 19.0 Å². The van der Waals surface area contributed by atoms with Crippen LogP contribution in [0, 0.1) is 10.1 Å². The van der Waals surface area contributed by atoms with Gasteiger partial charge in [-0.05, 0) is 0 Å². The van der Waals surface area contributed by atoms with E-state index in [-0.39, 0.29) is 11.6 Å². The van der Waals surface area contributed by atoms with Gasteiger partial charge in [0.1, 0.15) is 12.8 Å². The summed E-state index contributed by atoms with van der Waals surface area (Å²) in [5, 5.41) is 10.4. The van der Waals surface area contributed by atoms with Gasteiger partial charge in [-0.15, -0.1) is 0 Å². The zero-order valence-electron chi connectivity index (χ0n) is 9.62. The fraction of sp³-hybridized carbons (Fsp3) is 0.400. The second kappa shape index (κ2) is 5.78. The highest BCUT2D eigenvalue weighted by molar-refractivity contribution is 5.72. The average molecular weight is 239 g/mol. The maximum atomic E-state index is 10.9. The summed E-state index contributed by atoms with van der Waals surface area (Å²) >= 11 is 0. The standard InChI is InChI=1S/C10H13N3O4/c1-8(14)12(2)5-6-17-10-4-3-9(7-11-10)13(15)16/h3-4,7H,5-6H2,1-2H3. The fourth-order valence-corrected chi connectivity index (χ4v) is 1.01. The Hall–Kier alpha value is -2.18. The van der Waals surface area contributed by atoms with Crippen molar-refractivity contribution in [2.45, 2.75) is 6.92 Å². The van der Waals surface area contributed by atoms with Gasteiger partial charge in [-0.25, -0.2) is 4.98 Å². The van der Waals surface area contributed by atoms with Gasteiger partial charge < -0.3 is 9.64 Å². The summed E-state index contributed by atoms with van der Waals surface area (Å²) in [6.07, 6.45) is 1.13. The number of amides is 1. The minimum Gasteiger partial charge on any atom is -0.476 e. The number of carbonyl (C=O) groups is 1. The average Bonchev–Trinajstić information content (AvgIpc) is 2.29. The molecule has 0 aliphatic rings. The fourth-order valence-electron chi connectivity index (χ4n) is 1.01. The molecule has 7 heteroatoms. The number of nitro groups is 1. The molecule has 92 valence electrons. The van der Waals surface area contributed by atoms with Crippen LogP contribution in [-0.2, 0) is 4.79 Å². The number of pyridine rings is 1. The van der Waals surface area contributed by atoms with Crippen molar-refractivity contribution in [2.24, 2.45) is 0 Å². The van der Waals surface area contributed by atoms with Crippen LogP contribution in [0.2, 0.25) is 0 Å². The third-order valence-electron chi connectivity index (χ3n) is 2.15. The Morgan fingerprint density at radius 1 is 1.59 bits per heavy atom. The van der Waals surface area contributed by atoms with Gasteiger partial charge in [0.25, 0.3) is 5.69 Å². The first-order valence-corrected chi connectivity index (χ1v) is 4.95. The van der Waals surface area contributed by atoms with Crippen molar-refractivity contribution in [2.75, 3.05) is 20.2 Å². The molecule has 0 fully saturated rings. The lowest BCUT2D eigenvalue weighted by Gasteiger charge is -2.14. The van der Waals surface area contributed by atoms with E-state index < -0.39 is 4.92 Å². The molecule has 0 bridgehead atoms. The Kier molecular flexibility index (Phi) is 4.38. The quantitative estimate of drug-likeness (QED) is 0.561. The monoisotopic (exact) mass is 239 g/mol. The summed E-state index contributed by atoms with van der Waals surface area (Å²) in [6, 6.07) is 2.74. The third kappa shape index (κ3) is 4.06. The molecule has 0 aliphatic heterocycles. The molecule has 0 unspecified atom stereocenters. The lowest BCUT2D eigenvalue weighted by molar-refractivity contribution is -0.385. The summed E-state index contributed by atoms with van der Waals surface area (Å²) in [5.41, 5.74) is -0.0850. The van der Waals surface area contributed by atoms with Gasteiger partial charge in [-0.1, -0.05) is 0 Å². The lowest BCUT2D eigenvalue weighted by Crippen LogP contribution is -2.28. The van der Waals surface area contributed by atoms with Crippen molar-refractivity contribution in [3.63, 3.8) is 0 Å². The van der Waals surface area contributed by atoms with Gasteiger partial charge >= 0.3 is 0 Å². The second-order valence-electron chi connectivity index (χ2n) is 3.40. The number of nitrogens with zero attached hydrogens (tertiary/aromatic N) is 3. The smallest absolute Gasteiger partial charge is 0.287 e. The zero-order valence-corrected chi connectivity index (χ0v) is 9.62. The molecule has 7 nitrogen and oxygen atoms in total. The highest BCUT2D eigenvalue weighted by Crippen LogP contribution is 2.13. The summed E-state index contributed by atoms with van der Waals surface area (Å²) in [6.45, 7) is 2.19. The summed E-state index contributed by atoms with van der Waals surface area (Å²) in [5.74, 6) is 0.248. The van der Waals surface area contributed by atoms with Crippen LogP contribution in [0.5, 0.6) is 5.88 Å². The van der Waals surface area contributed by atoms with Crippen molar-refractivity contribution in [3.05, 3.63) is 28.4 Å². The van der Waals surface area contributed by atoms with Crippen LogP contribution in [-0.4, -0.2) is 40.9 Å². The molecule has 1 heterocycles. The number of aromatic nitrogens is 1. The van der Waals surface area contributed by atoms with E-state index in [9.17, 15) is 14.9 Å². The van der Waals surface area contributed by atoms with E-state index >= 15 is 0 Å². The molecule has 1 aromatic rings. The maximum Gasteiger partial charge on any atom is 0.287 e. The molecule has 0 N–H and O–H groups in total. The molecule has 0 aliphatic carbocycles. The van der Waals surface area contributed by atoms with Crippen LogP contribution in [0.25, 0.3) is 0 Å². The van der Waals surface area contributed by atoms with Crippen molar-refractivity contribution in [1.82, 2.24) is 9.88 Å². The molecule has 1 rings (SSSR count). The third-order valence-corrected chi connectivity index (χ3v) is 2.15. The number of likely N-dealkylation sites (N-methyl/N-ethyl adjacent to an activating group) is 1. The highest BCUT2D eigenvalue weighted by atomic mass is 16.6. The highest BCUT2D eigenvalue weighted by Gasteiger charge is 2.06. The number of ether oxygens (including phenoxy) is 1. The van der Waals surface area contributed by atoms with E-state index in [0.717, 1.165) is 6.20 Å². The van der Waals surface area contributed by atoms with E-state index in [1.807, 2.05) is 0 Å². The molecule has 0 radical (unpaired) electrons. The summed E-state index contributed by atoms with van der Waals surface area (Å²) in [7, 11) is 1.66. The Bertz CT molecular complexity index is 405. The van der Waals surface area contributed by atoms with Gasteiger partial charge in [0.05, 0.1) is 11.5 Å². The van der Waals surface area contributed by atoms with E-state index in [1.54, 1.807) is 7.05 Å². The normalized spacial score (nSPS) is 9.76. The topological polar surface area (TPSA) is 85.6 Å². The Labute approximate surface area is 98.2 Å². The SMILES string of the molecule is CC(=O)N(C)CCOc1ccc([N+](=O)[O-])cn1. The summed E-state index contributed by atoms with van der Waals surface area (Å²) < 4.78 is 5.23. The maximum absolute atomic E-state index is 10.9. The van der Waals surface area contributed by atoms with Gasteiger partial charge in [0.15, 0.2) is 0 Å². The minimum atomic E-state index is -0.527. The zero-order chi connectivity index (χ0) is 12.8. The molecular weight excluding hydrogens is 226 g/mol. The van der Waals surface area contributed by atoms with E-state index in [4.69, 9.17) is 4.74 Å². The van der Waals surface area contributed by atoms with Gasteiger partial charge in [0, 0.05) is 26.1 Å². The van der Waals surface area contributed by atoms with Crippen LogP contribution < -0.4 is 4.74 Å². The van der Waals surface area contributed by atoms with Crippen LogP contribution in [0.3, 0.4) is 0 Å². The largest absolute Gasteiger partial charge is 0.476 e. The first kappa shape index (κ1) is 12.9.